The van der Waals surface area contributed by atoms with Crippen molar-refractivity contribution in [2.75, 3.05) is 0 Å². The fourth-order valence-electron chi connectivity index (χ4n) is 2.34. The van der Waals surface area contributed by atoms with Crippen LogP contribution in [0.4, 0.5) is 4.39 Å². The largest absolute Gasteiger partial charge is 0.259 e. The summed E-state index contributed by atoms with van der Waals surface area (Å²) in [7, 11) is 0. The summed E-state index contributed by atoms with van der Waals surface area (Å²) in [5.41, 5.74) is 2.98. The molecule has 0 saturated heterocycles. The van der Waals surface area contributed by atoms with Crippen LogP contribution in [0, 0.1) is 5.82 Å². The zero-order valence-electron chi connectivity index (χ0n) is 12.7. The third kappa shape index (κ3) is 4.28. The summed E-state index contributed by atoms with van der Waals surface area (Å²) >= 11 is 5.85. The van der Waals surface area contributed by atoms with E-state index in [0.717, 1.165) is 24.1 Å². The van der Waals surface area contributed by atoms with Crippen molar-refractivity contribution in [2.45, 2.75) is 45.4 Å². The molecule has 1 atom stereocenters. The Hall–Kier alpha value is -1.41. The number of aryl methyl sites for hydroxylation is 1. The van der Waals surface area contributed by atoms with Crippen LogP contribution >= 0.6 is 11.6 Å². The van der Waals surface area contributed by atoms with Crippen LogP contribution in [-0.2, 0) is 6.42 Å². The van der Waals surface area contributed by atoms with E-state index in [9.17, 15) is 4.39 Å². The van der Waals surface area contributed by atoms with Gasteiger partial charge in [0.15, 0.2) is 0 Å². The van der Waals surface area contributed by atoms with Crippen molar-refractivity contribution in [1.29, 1.82) is 0 Å². The molecule has 21 heavy (non-hydrogen) atoms. The highest BCUT2D eigenvalue weighted by Gasteiger charge is 2.11. The quantitative estimate of drug-likeness (QED) is 0.687. The summed E-state index contributed by atoms with van der Waals surface area (Å²) in [6.45, 7) is 6.36. The molecule has 1 heterocycles. The lowest BCUT2D eigenvalue weighted by molar-refractivity contribution is 0.587. The summed E-state index contributed by atoms with van der Waals surface area (Å²) in [5.74, 6) is 0.583. The van der Waals surface area contributed by atoms with E-state index in [-0.39, 0.29) is 11.7 Å². The molecule has 0 N–H and O–H groups in total. The van der Waals surface area contributed by atoms with E-state index in [1.807, 2.05) is 24.3 Å². The number of benzene rings is 1. The van der Waals surface area contributed by atoms with Crippen LogP contribution in [0.5, 0.6) is 0 Å². The van der Waals surface area contributed by atoms with Crippen LogP contribution in [0.25, 0.3) is 0 Å². The van der Waals surface area contributed by atoms with E-state index >= 15 is 0 Å². The molecule has 0 aliphatic heterocycles. The molecule has 1 aromatic heterocycles. The molecule has 2 rings (SSSR count). The van der Waals surface area contributed by atoms with E-state index in [0.29, 0.717) is 10.9 Å². The number of hydrogen-bond donors (Lipinski definition) is 0. The maximum atomic E-state index is 13.9. The number of halogens is 2. The van der Waals surface area contributed by atoms with Gasteiger partial charge in [-0.05, 0) is 54.0 Å². The second-order valence-electron chi connectivity index (χ2n) is 5.85. The molecule has 0 amide bonds. The zero-order chi connectivity index (χ0) is 15.4. The molecular weight excluding hydrogens is 285 g/mol. The van der Waals surface area contributed by atoms with Gasteiger partial charge >= 0.3 is 0 Å². The minimum absolute atomic E-state index is 0.115. The van der Waals surface area contributed by atoms with Crippen LogP contribution in [0.15, 0.2) is 36.5 Å². The maximum absolute atomic E-state index is 13.9. The zero-order valence-corrected chi connectivity index (χ0v) is 13.5. The lowest BCUT2D eigenvalue weighted by Crippen LogP contribution is -2.01. The van der Waals surface area contributed by atoms with Crippen molar-refractivity contribution in [2.24, 2.45) is 0 Å². The first kappa shape index (κ1) is 16.0. The molecule has 0 saturated carbocycles. The SMILES string of the molecule is CC(C)c1ccc(F)c(CCC(C)c2ccc(Cl)cn2)c1. The fourth-order valence-corrected chi connectivity index (χ4v) is 2.46. The van der Waals surface area contributed by atoms with Gasteiger partial charge in [0.25, 0.3) is 0 Å². The number of pyridine rings is 1. The monoisotopic (exact) mass is 305 g/mol. The summed E-state index contributed by atoms with van der Waals surface area (Å²) in [5, 5.41) is 0.640. The second-order valence-corrected chi connectivity index (χ2v) is 6.28. The van der Waals surface area contributed by atoms with E-state index in [4.69, 9.17) is 11.6 Å². The second kappa shape index (κ2) is 7.04. The Kier molecular flexibility index (Phi) is 5.35. The maximum Gasteiger partial charge on any atom is 0.126 e. The van der Waals surface area contributed by atoms with E-state index < -0.39 is 0 Å². The first-order valence-electron chi connectivity index (χ1n) is 7.37. The molecule has 0 bridgehead atoms. The van der Waals surface area contributed by atoms with Crippen LogP contribution in [-0.4, -0.2) is 4.98 Å². The predicted octanol–water partition coefficient (Wildman–Crippen LogP) is 5.73. The molecule has 0 aliphatic rings. The molecule has 112 valence electrons. The van der Waals surface area contributed by atoms with Crippen LogP contribution < -0.4 is 0 Å². The molecule has 1 unspecified atom stereocenters. The molecule has 0 radical (unpaired) electrons. The van der Waals surface area contributed by atoms with E-state index in [1.54, 1.807) is 12.3 Å². The summed E-state index contributed by atoms with van der Waals surface area (Å²) < 4.78 is 13.9. The predicted molar refractivity (Wildman–Crippen MR) is 86.5 cm³/mol. The van der Waals surface area contributed by atoms with Crippen LogP contribution in [0.2, 0.25) is 5.02 Å². The average Bonchev–Trinajstić information content (AvgIpc) is 2.46. The average molecular weight is 306 g/mol. The normalized spacial score (nSPS) is 12.7. The van der Waals surface area contributed by atoms with Crippen molar-refractivity contribution in [3.63, 3.8) is 0 Å². The Morgan fingerprint density at radius 3 is 2.52 bits per heavy atom. The van der Waals surface area contributed by atoms with Gasteiger partial charge in [-0.2, -0.15) is 0 Å². The molecule has 0 fully saturated rings. The Morgan fingerprint density at radius 2 is 1.90 bits per heavy atom. The summed E-state index contributed by atoms with van der Waals surface area (Å²) in [6, 6.07) is 9.22. The van der Waals surface area contributed by atoms with Crippen LogP contribution in [0.3, 0.4) is 0 Å². The Bertz CT molecular complexity index is 593. The first-order chi connectivity index (χ1) is 9.97. The number of hydrogen-bond acceptors (Lipinski definition) is 1. The Labute approximate surface area is 131 Å². The first-order valence-corrected chi connectivity index (χ1v) is 7.75. The summed E-state index contributed by atoms with van der Waals surface area (Å²) in [6.07, 6.45) is 3.25. The third-order valence-corrected chi connectivity index (χ3v) is 4.06. The van der Waals surface area contributed by atoms with Gasteiger partial charge in [0.1, 0.15) is 5.82 Å². The Morgan fingerprint density at radius 1 is 1.14 bits per heavy atom. The fraction of sp³-hybridized carbons (Fsp3) is 0.389. The van der Waals surface area contributed by atoms with Gasteiger partial charge in [0.05, 0.1) is 5.02 Å². The molecule has 1 aromatic carbocycles. The highest BCUT2D eigenvalue weighted by atomic mass is 35.5. The van der Waals surface area contributed by atoms with Gasteiger partial charge in [-0.15, -0.1) is 0 Å². The van der Waals surface area contributed by atoms with Crippen molar-refractivity contribution in [3.05, 3.63) is 64.2 Å². The summed E-state index contributed by atoms with van der Waals surface area (Å²) in [4.78, 5) is 4.33. The topological polar surface area (TPSA) is 12.9 Å². The molecule has 1 nitrogen and oxygen atoms in total. The number of aromatic nitrogens is 1. The lowest BCUT2D eigenvalue weighted by Gasteiger charge is -2.13. The minimum Gasteiger partial charge on any atom is -0.259 e. The third-order valence-electron chi connectivity index (χ3n) is 3.84. The molecule has 0 spiro atoms. The minimum atomic E-state index is -0.115. The van der Waals surface area contributed by atoms with Crippen molar-refractivity contribution < 1.29 is 4.39 Å². The lowest BCUT2D eigenvalue weighted by atomic mass is 9.94. The van der Waals surface area contributed by atoms with Gasteiger partial charge in [-0.3, -0.25) is 4.98 Å². The van der Waals surface area contributed by atoms with Gasteiger partial charge in [-0.1, -0.05) is 44.5 Å². The molecule has 0 aliphatic carbocycles. The van der Waals surface area contributed by atoms with E-state index in [1.165, 1.54) is 5.56 Å². The van der Waals surface area contributed by atoms with Crippen molar-refractivity contribution in [3.8, 4) is 0 Å². The van der Waals surface area contributed by atoms with Gasteiger partial charge in [-0.25, -0.2) is 4.39 Å². The van der Waals surface area contributed by atoms with Crippen molar-refractivity contribution >= 4 is 11.6 Å². The number of nitrogens with zero attached hydrogens (tertiary/aromatic N) is 1. The molecular formula is C18H21ClFN. The van der Waals surface area contributed by atoms with E-state index in [2.05, 4.69) is 25.8 Å². The molecule has 2 aromatic rings. The highest BCUT2D eigenvalue weighted by molar-refractivity contribution is 6.30. The molecule has 3 heteroatoms. The van der Waals surface area contributed by atoms with Gasteiger partial charge in [0, 0.05) is 11.9 Å². The van der Waals surface area contributed by atoms with Gasteiger partial charge < -0.3 is 0 Å². The smallest absolute Gasteiger partial charge is 0.126 e. The Balaban J connectivity index is 2.05. The van der Waals surface area contributed by atoms with Crippen molar-refractivity contribution in [1.82, 2.24) is 4.98 Å². The standard InChI is InChI=1S/C18H21ClFN/c1-12(2)14-6-8-17(20)15(10-14)5-4-13(3)18-9-7-16(19)11-21-18/h6-13H,4-5H2,1-3H3. The van der Waals surface area contributed by atoms with Gasteiger partial charge in [0.2, 0.25) is 0 Å². The van der Waals surface area contributed by atoms with Crippen LogP contribution in [0.1, 0.15) is 55.8 Å². The highest BCUT2D eigenvalue weighted by Crippen LogP contribution is 2.24. The number of rotatable bonds is 5.